The van der Waals surface area contributed by atoms with E-state index in [2.05, 4.69) is 15.9 Å². The first kappa shape index (κ1) is 13.3. The lowest BCUT2D eigenvalue weighted by Gasteiger charge is -2.36. The Morgan fingerprint density at radius 2 is 2.00 bits per heavy atom. The van der Waals surface area contributed by atoms with E-state index in [4.69, 9.17) is 4.74 Å². The average molecular weight is 315 g/mol. The minimum Gasteiger partial charge on any atom is -0.372 e. The monoisotopic (exact) mass is 314 g/mol. The summed E-state index contributed by atoms with van der Waals surface area (Å²) in [5, 5.41) is 11.1. The van der Waals surface area contributed by atoms with Crippen LogP contribution in [0, 0.1) is 10.1 Å². The van der Waals surface area contributed by atoms with E-state index in [1.807, 2.05) is 24.8 Å². The normalized spacial score (nSPS) is 24.1. The highest BCUT2D eigenvalue weighted by atomic mass is 79.9. The zero-order valence-electron chi connectivity index (χ0n) is 10.3. The van der Waals surface area contributed by atoms with Crippen LogP contribution < -0.4 is 4.90 Å². The van der Waals surface area contributed by atoms with Crippen LogP contribution in [-0.4, -0.2) is 30.2 Å². The third kappa shape index (κ3) is 2.81. The van der Waals surface area contributed by atoms with Crippen LogP contribution in [0.4, 0.5) is 11.4 Å². The maximum absolute atomic E-state index is 11.1. The molecule has 1 aromatic carbocycles. The summed E-state index contributed by atoms with van der Waals surface area (Å²) in [6, 6.07) is 5.15. The fourth-order valence-corrected chi connectivity index (χ4v) is 2.63. The molecule has 0 amide bonds. The predicted octanol–water partition coefficient (Wildman–Crippen LogP) is 2.97. The third-order valence-electron chi connectivity index (χ3n) is 2.89. The van der Waals surface area contributed by atoms with Crippen LogP contribution in [0.15, 0.2) is 22.7 Å². The first-order valence-electron chi connectivity index (χ1n) is 5.81. The highest BCUT2D eigenvalue weighted by Crippen LogP contribution is 2.32. The molecule has 0 N–H and O–H groups in total. The van der Waals surface area contributed by atoms with Gasteiger partial charge in [-0.2, -0.15) is 0 Å². The molecule has 1 aliphatic heterocycles. The Morgan fingerprint density at radius 3 is 2.56 bits per heavy atom. The number of halogens is 1. The number of hydrogen-bond acceptors (Lipinski definition) is 4. The summed E-state index contributed by atoms with van der Waals surface area (Å²) in [6.45, 7) is 5.31. The van der Waals surface area contributed by atoms with Crippen molar-refractivity contribution >= 4 is 27.3 Å². The van der Waals surface area contributed by atoms with E-state index >= 15 is 0 Å². The lowest BCUT2D eigenvalue weighted by Crippen LogP contribution is -2.45. The zero-order chi connectivity index (χ0) is 13.3. The molecule has 0 radical (unpaired) electrons. The van der Waals surface area contributed by atoms with Gasteiger partial charge in [0.1, 0.15) is 5.69 Å². The number of morpholine rings is 1. The molecule has 5 nitrogen and oxygen atoms in total. The Balaban J connectivity index is 2.35. The quantitative estimate of drug-likeness (QED) is 0.622. The smallest absolute Gasteiger partial charge is 0.293 e. The predicted molar refractivity (Wildman–Crippen MR) is 73.0 cm³/mol. The van der Waals surface area contributed by atoms with E-state index in [0.717, 1.165) is 0 Å². The Kier molecular flexibility index (Phi) is 3.87. The van der Waals surface area contributed by atoms with Crippen molar-refractivity contribution in [2.75, 3.05) is 18.0 Å². The van der Waals surface area contributed by atoms with Crippen LogP contribution in [0.3, 0.4) is 0 Å². The maximum atomic E-state index is 11.1. The summed E-state index contributed by atoms with van der Waals surface area (Å²) in [4.78, 5) is 12.8. The molecule has 1 fully saturated rings. The van der Waals surface area contributed by atoms with Gasteiger partial charge in [-0.1, -0.05) is 15.9 Å². The molecule has 0 bridgehead atoms. The van der Waals surface area contributed by atoms with Crippen molar-refractivity contribution in [2.45, 2.75) is 26.1 Å². The summed E-state index contributed by atoms with van der Waals surface area (Å²) in [7, 11) is 0. The fraction of sp³-hybridized carbons (Fsp3) is 0.500. The molecule has 98 valence electrons. The summed E-state index contributed by atoms with van der Waals surface area (Å²) < 4.78 is 6.36. The van der Waals surface area contributed by atoms with Crippen LogP contribution in [0.2, 0.25) is 0 Å². The van der Waals surface area contributed by atoms with Crippen molar-refractivity contribution in [3.63, 3.8) is 0 Å². The highest BCUT2D eigenvalue weighted by Gasteiger charge is 2.27. The molecule has 0 spiro atoms. The van der Waals surface area contributed by atoms with Crippen LogP contribution in [0.5, 0.6) is 0 Å². The number of anilines is 1. The largest absolute Gasteiger partial charge is 0.372 e. The molecule has 18 heavy (non-hydrogen) atoms. The maximum Gasteiger partial charge on any atom is 0.293 e. The number of nitro benzene ring substituents is 1. The number of rotatable bonds is 2. The molecule has 0 unspecified atom stereocenters. The zero-order valence-corrected chi connectivity index (χ0v) is 11.9. The molecule has 1 aromatic rings. The standard InChI is InChI=1S/C12H15BrN2O3/c1-8-6-14(7-9(2)18-8)11-4-3-10(13)5-12(11)15(16)17/h3-5,8-9H,6-7H2,1-2H3/t8-,9+. The van der Waals surface area contributed by atoms with Gasteiger partial charge in [0.2, 0.25) is 0 Å². The van der Waals surface area contributed by atoms with Gasteiger partial charge < -0.3 is 9.64 Å². The summed E-state index contributed by atoms with van der Waals surface area (Å²) in [6.07, 6.45) is 0.161. The van der Waals surface area contributed by atoms with Crippen molar-refractivity contribution in [1.29, 1.82) is 0 Å². The number of benzene rings is 1. The Morgan fingerprint density at radius 1 is 1.39 bits per heavy atom. The molecule has 0 aromatic heterocycles. The molecule has 0 saturated carbocycles. The van der Waals surface area contributed by atoms with E-state index in [9.17, 15) is 10.1 Å². The minimum absolute atomic E-state index is 0.0806. The Labute approximate surface area is 114 Å². The molecule has 2 atom stereocenters. The lowest BCUT2D eigenvalue weighted by molar-refractivity contribution is -0.384. The van der Waals surface area contributed by atoms with E-state index < -0.39 is 0 Å². The van der Waals surface area contributed by atoms with Crippen molar-refractivity contribution in [3.8, 4) is 0 Å². The molecular weight excluding hydrogens is 300 g/mol. The number of hydrogen-bond donors (Lipinski definition) is 0. The second-order valence-corrected chi connectivity index (χ2v) is 5.47. The topological polar surface area (TPSA) is 55.6 Å². The minimum atomic E-state index is -0.342. The second kappa shape index (κ2) is 5.24. The van der Waals surface area contributed by atoms with E-state index in [1.165, 1.54) is 0 Å². The summed E-state index contributed by atoms with van der Waals surface area (Å²) in [5.74, 6) is 0. The van der Waals surface area contributed by atoms with Crippen molar-refractivity contribution in [3.05, 3.63) is 32.8 Å². The molecule has 1 saturated heterocycles. The summed E-state index contributed by atoms with van der Waals surface area (Å²) >= 11 is 3.26. The molecule has 1 aliphatic rings. The number of nitrogens with zero attached hydrogens (tertiary/aromatic N) is 2. The van der Waals surface area contributed by atoms with Gasteiger partial charge in [-0.25, -0.2) is 0 Å². The lowest BCUT2D eigenvalue weighted by atomic mass is 10.2. The van der Waals surface area contributed by atoms with E-state index in [-0.39, 0.29) is 22.8 Å². The van der Waals surface area contributed by atoms with Crippen molar-refractivity contribution in [1.82, 2.24) is 0 Å². The first-order valence-corrected chi connectivity index (χ1v) is 6.61. The summed E-state index contributed by atoms with van der Waals surface area (Å²) in [5.41, 5.74) is 0.788. The Bertz CT molecular complexity index is 457. The van der Waals surface area contributed by atoms with Crippen LogP contribution in [0.1, 0.15) is 13.8 Å². The molecule has 6 heteroatoms. The SMILES string of the molecule is C[C@@H]1CN(c2ccc(Br)cc2[N+](=O)[O-])C[C@H](C)O1. The molecule has 2 rings (SSSR count). The average Bonchev–Trinajstić information content (AvgIpc) is 2.27. The second-order valence-electron chi connectivity index (χ2n) is 4.55. The van der Waals surface area contributed by atoms with Gasteiger partial charge >= 0.3 is 0 Å². The van der Waals surface area contributed by atoms with Gasteiger partial charge in [-0.3, -0.25) is 10.1 Å². The van der Waals surface area contributed by atoms with Crippen LogP contribution in [0.25, 0.3) is 0 Å². The highest BCUT2D eigenvalue weighted by molar-refractivity contribution is 9.10. The van der Waals surface area contributed by atoms with E-state index in [1.54, 1.807) is 12.1 Å². The Hall–Kier alpha value is -1.14. The molecule has 0 aliphatic carbocycles. The van der Waals surface area contributed by atoms with Gasteiger partial charge in [0, 0.05) is 23.6 Å². The fourth-order valence-electron chi connectivity index (χ4n) is 2.28. The molecule has 1 heterocycles. The van der Waals surface area contributed by atoms with Gasteiger partial charge in [0.25, 0.3) is 5.69 Å². The third-order valence-corrected chi connectivity index (χ3v) is 3.39. The van der Waals surface area contributed by atoms with Gasteiger partial charge in [-0.15, -0.1) is 0 Å². The molecular formula is C12H15BrN2O3. The first-order chi connectivity index (χ1) is 8.47. The number of nitro groups is 1. The number of ether oxygens (including phenoxy) is 1. The van der Waals surface area contributed by atoms with Crippen LogP contribution >= 0.6 is 15.9 Å². The van der Waals surface area contributed by atoms with Gasteiger partial charge in [0.15, 0.2) is 0 Å². The van der Waals surface area contributed by atoms with Gasteiger partial charge in [-0.05, 0) is 26.0 Å². The van der Waals surface area contributed by atoms with Gasteiger partial charge in [0.05, 0.1) is 17.1 Å². The van der Waals surface area contributed by atoms with Crippen molar-refractivity contribution in [2.24, 2.45) is 0 Å². The van der Waals surface area contributed by atoms with Crippen molar-refractivity contribution < 1.29 is 9.66 Å². The van der Waals surface area contributed by atoms with Crippen LogP contribution in [-0.2, 0) is 4.74 Å². The van der Waals surface area contributed by atoms with E-state index in [0.29, 0.717) is 23.2 Å².